The van der Waals surface area contributed by atoms with Gasteiger partial charge in [0, 0.05) is 6.54 Å². The number of aliphatic hydroxyl groups is 9. The fourth-order valence-corrected chi connectivity index (χ4v) is 1.82. The van der Waals surface area contributed by atoms with E-state index in [2.05, 4.69) is 0 Å². The van der Waals surface area contributed by atoms with Crippen molar-refractivity contribution >= 4 is 0 Å². The van der Waals surface area contributed by atoms with E-state index in [-0.39, 0.29) is 6.54 Å². The molecule has 24 heavy (non-hydrogen) atoms. The molecule has 0 aromatic rings. The van der Waals surface area contributed by atoms with Gasteiger partial charge in [0.1, 0.15) is 36.6 Å². The van der Waals surface area contributed by atoms with E-state index in [1.165, 1.54) is 0 Å². The molecule has 0 aliphatic carbocycles. The second kappa shape index (κ2) is 11.2. The van der Waals surface area contributed by atoms with E-state index < -0.39 is 68.3 Å². The SMILES string of the molecule is NCC(O)C(O)C(O)C(O)CO.N[C@H]1C(O)O[C@H](CO)[C@@H](O)[C@@H]1O. The van der Waals surface area contributed by atoms with Gasteiger partial charge in [-0.1, -0.05) is 0 Å². The minimum Gasteiger partial charge on any atom is -0.394 e. The van der Waals surface area contributed by atoms with E-state index in [1.54, 1.807) is 0 Å². The zero-order chi connectivity index (χ0) is 19.0. The molecule has 1 saturated heterocycles. The molecule has 0 aromatic heterocycles. The summed E-state index contributed by atoms with van der Waals surface area (Å²) in [7, 11) is 0. The third-order valence-corrected chi connectivity index (χ3v) is 3.52. The van der Waals surface area contributed by atoms with Gasteiger partial charge in [0.25, 0.3) is 0 Å². The summed E-state index contributed by atoms with van der Waals surface area (Å²) in [6.07, 6.45) is -10.8. The van der Waals surface area contributed by atoms with Gasteiger partial charge in [-0.2, -0.15) is 0 Å². The molecule has 1 aliphatic rings. The number of nitrogens with two attached hydrogens (primary N) is 2. The zero-order valence-electron chi connectivity index (χ0n) is 12.9. The van der Waals surface area contributed by atoms with Gasteiger partial charge in [-0.25, -0.2) is 0 Å². The van der Waals surface area contributed by atoms with Crippen LogP contribution in [0.3, 0.4) is 0 Å². The number of rotatable bonds is 6. The molecule has 0 bridgehead atoms. The van der Waals surface area contributed by atoms with Gasteiger partial charge in [0.05, 0.1) is 25.4 Å². The fraction of sp³-hybridized carbons (Fsp3) is 1.00. The van der Waals surface area contributed by atoms with Crippen LogP contribution in [0.5, 0.6) is 0 Å². The average molecular weight is 360 g/mol. The van der Waals surface area contributed by atoms with Crippen LogP contribution in [0.4, 0.5) is 0 Å². The van der Waals surface area contributed by atoms with E-state index in [0.29, 0.717) is 0 Å². The monoisotopic (exact) mass is 360 g/mol. The standard InChI is InChI=1S/C6H13NO5.C6H15NO5/c7-3-5(10)4(9)2(1-8)12-6(3)11;7-1-3(9)5(11)6(12)4(10)2-8/h2-6,8-11H,1,7H2;3-6,8-12H,1-2,7H2/t2-,3-,4-,5-,6?;/m1./s1. The van der Waals surface area contributed by atoms with Crippen molar-refractivity contribution in [2.45, 2.75) is 55.1 Å². The smallest absolute Gasteiger partial charge is 0.173 e. The van der Waals surface area contributed by atoms with Crippen molar-refractivity contribution in [1.82, 2.24) is 0 Å². The lowest BCUT2D eigenvalue weighted by molar-refractivity contribution is -0.248. The van der Waals surface area contributed by atoms with E-state index in [0.717, 1.165) is 0 Å². The molecule has 1 aliphatic heterocycles. The van der Waals surface area contributed by atoms with Crippen LogP contribution < -0.4 is 11.5 Å². The highest BCUT2D eigenvalue weighted by Gasteiger charge is 2.41. The van der Waals surface area contributed by atoms with Gasteiger partial charge in [0.2, 0.25) is 0 Å². The van der Waals surface area contributed by atoms with Gasteiger partial charge in [-0.05, 0) is 0 Å². The molecule has 0 amide bonds. The van der Waals surface area contributed by atoms with Crippen molar-refractivity contribution in [3.63, 3.8) is 0 Å². The van der Waals surface area contributed by atoms with Crippen molar-refractivity contribution in [1.29, 1.82) is 0 Å². The first-order valence-corrected chi connectivity index (χ1v) is 7.21. The Morgan fingerprint density at radius 3 is 1.79 bits per heavy atom. The van der Waals surface area contributed by atoms with Crippen LogP contribution in [0.1, 0.15) is 0 Å². The quantitative estimate of drug-likeness (QED) is 0.211. The summed E-state index contributed by atoms with van der Waals surface area (Å²) in [5.74, 6) is 0. The van der Waals surface area contributed by atoms with Gasteiger partial charge >= 0.3 is 0 Å². The van der Waals surface area contributed by atoms with Crippen molar-refractivity contribution in [2.75, 3.05) is 19.8 Å². The minimum atomic E-state index is -1.59. The van der Waals surface area contributed by atoms with Crippen LogP contribution >= 0.6 is 0 Å². The number of aliphatic hydroxyl groups excluding tert-OH is 9. The molecule has 0 saturated carbocycles. The summed E-state index contributed by atoms with van der Waals surface area (Å²) in [6.45, 7) is -1.38. The molecule has 1 fully saturated rings. The lowest BCUT2D eigenvalue weighted by atomic mass is 9.98. The van der Waals surface area contributed by atoms with Gasteiger partial charge in [-0.15, -0.1) is 0 Å². The molecule has 0 radical (unpaired) electrons. The van der Waals surface area contributed by atoms with E-state index in [9.17, 15) is 10.2 Å². The lowest BCUT2D eigenvalue weighted by Gasteiger charge is -2.38. The maximum atomic E-state index is 9.20. The Labute approximate surface area is 138 Å². The summed E-state index contributed by atoms with van der Waals surface area (Å²) < 4.78 is 4.70. The predicted octanol–water partition coefficient (Wildman–Crippen LogP) is -6.87. The Bertz CT molecular complexity index is 315. The van der Waals surface area contributed by atoms with Crippen molar-refractivity contribution in [3.8, 4) is 0 Å². The minimum absolute atomic E-state index is 0.226. The topological polar surface area (TPSA) is 243 Å². The molecule has 5 unspecified atom stereocenters. The van der Waals surface area contributed by atoms with Crippen LogP contribution in [0.2, 0.25) is 0 Å². The van der Waals surface area contributed by atoms with Gasteiger partial charge in [-0.3, -0.25) is 0 Å². The molecule has 13 N–H and O–H groups in total. The van der Waals surface area contributed by atoms with Crippen LogP contribution in [-0.2, 0) is 4.74 Å². The van der Waals surface area contributed by atoms with Crippen LogP contribution in [0.15, 0.2) is 0 Å². The second-order valence-corrected chi connectivity index (χ2v) is 5.34. The van der Waals surface area contributed by atoms with Crippen molar-refractivity contribution in [3.05, 3.63) is 0 Å². The third-order valence-electron chi connectivity index (χ3n) is 3.52. The van der Waals surface area contributed by atoms with Crippen LogP contribution in [-0.4, -0.2) is 121 Å². The normalized spacial score (nSPS) is 35.4. The molecule has 9 atom stereocenters. The first-order valence-electron chi connectivity index (χ1n) is 7.21. The molecule has 12 nitrogen and oxygen atoms in total. The Morgan fingerprint density at radius 1 is 0.875 bits per heavy atom. The summed E-state index contributed by atoms with van der Waals surface area (Å²) in [5, 5.41) is 80.2. The van der Waals surface area contributed by atoms with E-state index in [4.69, 9.17) is 51.9 Å². The van der Waals surface area contributed by atoms with Crippen molar-refractivity contribution < 1.29 is 50.7 Å². The molecule has 12 heteroatoms. The third kappa shape index (κ3) is 6.44. The molecule has 1 heterocycles. The highest BCUT2D eigenvalue weighted by Crippen LogP contribution is 2.17. The van der Waals surface area contributed by atoms with E-state index in [1.807, 2.05) is 0 Å². The molecule has 0 spiro atoms. The van der Waals surface area contributed by atoms with Crippen molar-refractivity contribution in [2.24, 2.45) is 11.5 Å². The zero-order valence-corrected chi connectivity index (χ0v) is 12.9. The molecular weight excluding hydrogens is 332 g/mol. The lowest BCUT2D eigenvalue weighted by Crippen LogP contribution is -2.61. The Hall–Kier alpha value is -0.480. The van der Waals surface area contributed by atoms with Crippen LogP contribution in [0.25, 0.3) is 0 Å². The Balaban J connectivity index is 0.000000441. The fourth-order valence-electron chi connectivity index (χ4n) is 1.82. The first kappa shape index (κ1) is 23.5. The number of hydrogen-bond donors (Lipinski definition) is 11. The van der Waals surface area contributed by atoms with Gasteiger partial charge < -0.3 is 62.2 Å². The number of ether oxygens (including phenoxy) is 1. The average Bonchev–Trinajstić information content (AvgIpc) is 2.60. The summed E-state index contributed by atoms with van der Waals surface area (Å²) in [4.78, 5) is 0. The summed E-state index contributed by atoms with van der Waals surface area (Å²) in [6, 6.07) is -1.04. The summed E-state index contributed by atoms with van der Waals surface area (Å²) in [5.41, 5.74) is 10.2. The number of hydrogen-bond acceptors (Lipinski definition) is 12. The Morgan fingerprint density at radius 2 is 1.38 bits per heavy atom. The second-order valence-electron chi connectivity index (χ2n) is 5.34. The molecule has 146 valence electrons. The van der Waals surface area contributed by atoms with Gasteiger partial charge in [0.15, 0.2) is 6.29 Å². The highest BCUT2D eigenvalue weighted by molar-refractivity contribution is 4.90. The van der Waals surface area contributed by atoms with E-state index >= 15 is 0 Å². The summed E-state index contributed by atoms with van der Waals surface area (Å²) >= 11 is 0. The highest BCUT2D eigenvalue weighted by atomic mass is 16.6. The molecule has 0 aromatic carbocycles. The maximum absolute atomic E-state index is 9.20. The van der Waals surface area contributed by atoms with Crippen LogP contribution in [0, 0.1) is 0 Å². The predicted molar refractivity (Wildman–Crippen MR) is 78.1 cm³/mol. The molecule has 1 rings (SSSR count). The molecular formula is C12H28N2O10. The largest absolute Gasteiger partial charge is 0.394 e. The first-order chi connectivity index (χ1) is 11.1. The Kier molecular flexibility index (Phi) is 11.0. The maximum Gasteiger partial charge on any atom is 0.173 e.